The summed E-state index contributed by atoms with van der Waals surface area (Å²) in [5.41, 5.74) is 3.62. The van der Waals surface area contributed by atoms with Gasteiger partial charge in [0, 0.05) is 0 Å². The Morgan fingerprint density at radius 3 is 2.15 bits per heavy atom. The summed E-state index contributed by atoms with van der Waals surface area (Å²) < 4.78 is 11.4. The first-order valence-corrected chi connectivity index (χ1v) is 9.41. The number of carbonyl (C=O) groups excluding carboxylic acids is 1. The number of carbonyl (C=O) groups is 1. The molecule has 0 radical (unpaired) electrons. The maximum absolute atomic E-state index is 12.2. The molecule has 1 atom stereocenters. The number of benzene rings is 2. The van der Waals surface area contributed by atoms with Crippen molar-refractivity contribution < 1.29 is 14.3 Å². The van der Waals surface area contributed by atoms with Crippen LogP contribution in [0.2, 0.25) is 0 Å². The molecule has 4 nitrogen and oxygen atoms in total. The van der Waals surface area contributed by atoms with E-state index in [1.54, 1.807) is 6.92 Å². The minimum Gasteiger partial charge on any atom is -0.492 e. The molecule has 0 spiro atoms. The van der Waals surface area contributed by atoms with Crippen LogP contribution in [0.4, 0.5) is 0 Å². The average Bonchev–Trinajstić information content (AvgIpc) is 2.57. The van der Waals surface area contributed by atoms with Gasteiger partial charge in [-0.15, -0.1) is 0 Å². The zero-order chi connectivity index (χ0) is 20.0. The van der Waals surface area contributed by atoms with Crippen LogP contribution in [0, 0.1) is 13.8 Å². The zero-order valence-corrected chi connectivity index (χ0v) is 17.3. The predicted octanol–water partition coefficient (Wildman–Crippen LogP) is 4.56. The smallest absolute Gasteiger partial charge is 0.260 e. The highest BCUT2D eigenvalue weighted by Gasteiger charge is 2.15. The Morgan fingerprint density at radius 2 is 1.59 bits per heavy atom. The third-order valence-corrected chi connectivity index (χ3v) is 4.27. The van der Waals surface area contributed by atoms with Crippen molar-refractivity contribution in [3.05, 3.63) is 59.2 Å². The Morgan fingerprint density at radius 1 is 1.00 bits per heavy atom. The van der Waals surface area contributed by atoms with Crippen molar-refractivity contribution in [2.45, 2.75) is 53.1 Å². The van der Waals surface area contributed by atoms with Crippen molar-refractivity contribution in [2.75, 3.05) is 13.2 Å². The second-order valence-electron chi connectivity index (χ2n) is 8.00. The van der Waals surface area contributed by atoms with Gasteiger partial charge in [-0.2, -0.15) is 0 Å². The molecule has 1 amide bonds. The van der Waals surface area contributed by atoms with Gasteiger partial charge < -0.3 is 14.8 Å². The molecule has 2 aromatic rings. The molecule has 146 valence electrons. The quantitative estimate of drug-likeness (QED) is 0.728. The van der Waals surface area contributed by atoms with Gasteiger partial charge >= 0.3 is 0 Å². The summed E-state index contributed by atoms with van der Waals surface area (Å²) in [6.45, 7) is 13.2. The molecule has 0 unspecified atom stereocenters. The topological polar surface area (TPSA) is 47.6 Å². The minimum atomic E-state index is -0.558. The van der Waals surface area contributed by atoms with Gasteiger partial charge in [-0.1, -0.05) is 39.0 Å². The van der Waals surface area contributed by atoms with Gasteiger partial charge in [0.05, 0.1) is 6.54 Å². The number of hydrogen-bond donors (Lipinski definition) is 1. The first-order valence-electron chi connectivity index (χ1n) is 9.41. The van der Waals surface area contributed by atoms with Gasteiger partial charge in [-0.05, 0) is 67.1 Å². The van der Waals surface area contributed by atoms with Crippen molar-refractivity contribution in [1.29, 1.82) is 0 Å². The van der Waals surface area contributed by atoms with E-state index in [0.717, 1.165) is 16.9 Å². The molecular weight excluding hydrogens is 338 g/mol. The Balaban J connectivity index is 1.75. The van der Waals surface area contributed by atoms with E-state index in [1.165, 1.54) is 5.56 Å². The van der Waals surface area contributed by atoms with Crippen LogP contribution in [-0.2, 0) is 10.2 Å². The zero-order valence-electron chi connectivity index (χ0n) is 17.3. The molecular formula is C23H31NO3. The van der Waals surface area contributed by atoms with Crippen molar-refractivity contribution in [2.24, 2.45) is 0 Å². The van der Waals surface area contributed by atoms with E-state index in [1.807, 2.05) is 38.1 Å². The highest BCUT2D eigenvalue weighted by molar-refractivity contribution is 5.80. The molecule has 27 heavy (non-hydrogen) atoms. The van der Waals surface area contributed by atoms with Crippen LogP contribution in [0.15, 0.2) is 42.5 Å². The summed E-state index contributed by atoms with van der Waals surface area (Å²) in [5.74, 6) is 1.36. The first kappa shape index (κ1) is 20.8. The predicted molar refractivity (Wildman–Crippen MR) is 110 cm³/mol. The van der Waals surface area contributed by atoms with Crippen molar-refractivity contribution in [1.82, 2.24) is 5.32 Å². The molecule has 0 aliphatic rings. The standard InChI is InChI=1S/C23H31NO3/c1-16-13-17(2)15-21(14-16)27-18(3)22(25)24-11-12-26-20-9-7-19(8-10-20)23(4,5)6/h7-10,13-15,18H,11-12H2,1-6H3,(H,24,25)/t18-/m0/s1. The Bertz CT molecular complexity index is 740. The number of amides is 1. The lowest BCUT2D eigenvalue weighted by Crippen LogP contribution is -2.38. The van der Waals surface area contributed by atoms with Crippen molar-refractivity contribution >= 4 is 5.91 Å². The molecule has 2 rings (SSSR count). The van der Waals surface area contributed by atoms with Gasteiger partial charge in [0.2, 0.25) is 0 Å². The van der Waals surface area contributed by atoms with Crippen LogP contribution >= 0.6 is 0 Å². The summed E-state index contributed by atoms with van der Waals surface area (Å²) in [7, 11) is 0. The number of rotatable bonds is 7. The lowest BCUT2D eigenvalue weighted by atomic mass is 9.87. The van der Waals surface area contributed by atoms with Crippen LogP contribution < -0.4 is 14.8 Å². The van der Waals surface area contributed by atoms with Crippen LogP contribution in [-0.4, -0.2) is 25.2 Å². The van der Waals surface area contributed by atoms with Crippen LogP contribution in [0.3, 0.4) is 0 Å². The number of aryl methyl sites for hydroxylation is 2. The molecule has 0 aliphatic carbocycles. The van der Waals surface area contributed by atoms with E-state index < -0.39 is 6.10 Å². The molecule has 2 aromatic carbocycles. The average molecular weight is 370 g/mol. The fraction of sp³-hybridized carbons (Fsp3) is 0.435. The SMILES string of the molecule is Cc1cc(C)cc(O[C@@H](C)C(=O)NCCOc2ccc(C(C)(C)C)cc2)c1. The number of ether oxygens (including phenoxy) is 2. The third-order valence-electron chi connectivity index (χ3n) is 4.27. The Labute approximate surface area is 162 Å². The molecule has 0 saturated carbocycles. The van der Waals surface area contributed by atoms with E-state index >= 15 is 0 Å². The largest absolute Gasteiger partial charge is 0.492 e. The van der Waals surface area contributed by atoms with Crippen LogP contribution in [0.25, 0.3) is 0 Å². The van der Waals surface area contributed by atoms with E-state index in [2.05, 4.69) is 44.3 Å². The molecule has 0 aliphatic heterocycles. The third kappa shape index (κ3) is 6.63. The molecule has 4 heteroatoms. The Kier molecular flexibility index (Phi) is 6.89. The fourth-order valence-corrected chi connectivity index (χ4v) is 2.80. The molecule has 1 N–H and O–H groups in total. The lowest BCUT2D eigenvalue weighted by molar-refractivity contribution is -0.127. The second kappa shape index (κ2) is 8.94. The summed E-state index contributed by atoms with van der Waals surface area (Å²) in [6.07, 6.45) is -0.558. The summed E-state index contributed by atoms with van der Waals surface area (Å²) in [5, 5.41) is 2.85. The van der Waals surface area contributed by atoms with Gasteiger partial charge in [0.25, 0.3) is 5.91 Å². The molecule has 0 bridgehead atoms. The van der Waals surface area contributed by atoms with Gasteiger partial charge in [0.15, 0.2) is 6.10 Å². The maximum atomic E-state index is 12.2. The summed E-state index contributed by atoms with van der Waals surface area (Å²) in [6, 6.07) is 14.0. The second-order valence-corrected chi connectivity index (χ2v) is 8.00. The molecule has 0 aromatic heterocycles. The molecule has 0 heterocycles. The van der Waals surface area contributed by atoms with Crippen molar-refractivity contribution in [3.63, 3.8) is 0 Å². The van der Waals surface area contributed by atoms with Gasteiger partial charge in [-0.25, -0.2) is 0 Å². The summed E-state index contributed by atoms with van der Waals surface area (Å²) in [4.78, 5) is 12.2. The van der Waals surface area contributed by atoms with Crippen molar-refractivity contribution in [3.8, 4) is 11.5 Å². The molecule has 0 saturated heterocycles. The van der Waals surface area contributed by atoms with Crippen LogP contribution in [0.1, 0.15) is 44.4 Å². The van der Waals surface area contributed by atoms with E-state index in [-0.39, 0.29) is 11.3 Å². The number of hydrogen-bond acceptors (Lipinski definition) is 3. The lowest BCUT2D eigenvalue weighted by Gasteiger charge is -2.19. The number of nitrogens with one attached hydrogen (secondary N) is 1. The minimum absolute atomic E-state index is 0.123. The van der Waals surface area contributed by atoms with E-state index in [4.69, 9.17) is 9.47 Å². The maximum Gasteiger partial charge on any atom is 0.260 e. The van der Waals surface area contributed by atoms with Gasteiger partial charge in [0.1, 0.15) is 18.1 Å². The first-order chi connectivity index (χ1) is 12.6. The fourth-order valence-electron chi connectivity index (χ4n) is 2.80. The molecule has 0 fully saturated rings. The van der Waals surface area contributed by atoms with E-state index in [9.17, 15) is 4.79 Å². The Hall–Kier alpha value is -2.49. The normalized spacial score (nSPS) is 12.4. The highest BCUT2D eigenvalue weighted by atomic mass is 16.5. The highest BCUT2D eigenvalue weighted by Crippen LogP contribution is 2.24. The van der Waals surface area contributed by atoms with Crippen LogP contribution in [0.5, 0.6) is 11.5 Å². The summed E-state index contributed by atoms with van der Waals surface area (Å²) >= 11 is 0. The van der Waals surface area contributed by atoms with E-state index in [0.29, 0.717) is 18.9 Å². The monoisotopic (exact) mass is 369 g/mol. The van der Waals surface area contributed by atoms with Gasteiger partial charge in [-0.3, -0.25) is 4.79 Å².